The summed E-state index contributed by atoms with van der Waals surface area (Å²) in [7, 11) is -3.48. The molecular weight excluding hydrogens is 422 g/mol. The van der Waals surface area contributed by atoms with Crippen LogP contribution in [0, 0.1) is 18.6 Å². The van der Waals surface area contributed by atoms with Crippen LogP contribution in [0.4, 0.5) is 14.5 Å². The first-order chi connectivity index (χ1) is 14.7. The number of pyridine rings is 1. The van der Waals surface area contributed by atoms with Gasteiger partial charge in [-0.05, 0) is 74.7 Å². The Morgan fingerprint density at radius 2 is 1.81 bits per heavy atom. The van der Waals surface area contributed by atoms with Gasteiger partial charge in [0.25, 0.3) is 0 Å². The second-order valence-electron chi connectivity index (χ2n) is 7.59. The Bertz CT molecular complexity index is 1240. The molecule has 5 nitrogen and oxygen atoms in total. The lowest BCUT2D eigenvalue weighted by atomic mass is 10.0. The van der Waals surface area contributed by atoms with E-state index in [4.69, 9.17) is 4.74 Å². The Labute approximate surface area is 180 Å². The lowest BCUT2D eigenvalue weighted by Gasteiger charge is -2.16. The number of anilines is 1. The van der Waals surface area contributed by atoms with Gasteiger partial charge in [0.2, 0.25) is 10.0 Å². The lowest BCUT2D eigenvalue weighted by Crippen LogP contribution is -2.14. The first-order valence-corrected chi connectivity index (χ1v) is 11.7. The molecule has 8 heteroatoms. The zero-order chi connectivity index (χ0) is 22.2. The molecule has 1 aliphatic carbocycles. The maximum absolute atomic E-state index is 14.2. The number of halogens is 2. The highest BCUT2D eigenvalue weighted by molar-refractivity contribution is 7.92. The Morgan fingerprint density at radius 3 is 2.48 bits per heavy atom. The average Bonchev–Trinajstić information content (AvgIpc) is 3.56. The summed E-state index contributed by atoms with van der Waals surface area (Å²) in [6.07, 6.45) is 2.16. The van der Waals surface area contributed by atoms with E-state index >= 15 is 0 Å². The molecule has 1 saturated carbocycles. The third-order valence-corrected chi connectivity index (χ3v) is 6.33. The molecular formula is C23H22F2N2O3S. The average molecular weight is 445 g/mol. The van der Waals surface area contributed by atoms with Crippen molar-refractivity contribution in [3.8, 4) is 22.6 Å². The monoisotopic (exact) mass is 444 g/mol. The number of benzene rings is 2. The summed E-state index contributed by atoms with van der Waals surface area (Å²) in [4.78, 5) is 4.60. The second-order valence-corrected chi connectivity index (χ2v) is 9.60. The number of aromatic nitrogens is 1. The molecule has 0 amide bonds. The Balaban J connectivity index is 1.81. The summed E-state index contributed by atoms with van der Waals surface area (Å²) < 4.78 is 59.9. The molecule has 2 aromatic carbocycles. The SMILES string of the molecule is CCS(=O)(=O)Nc1ccc(Oc2ccc(F)cc2F)c(-c2cc(C)nc(C3CC3)c2)c1. The molecule has 0 unspecified atom stereocenters. The van der Waals surface area contributed by atoms with Gasteiger partial charge in [-0.1, -0.05) is 0 Å². The Hall–Kier alpha value is -3.00. The number of aryl methyl sites for hydroxylation is 1. The quantitative estimate of drug-likeness (QED) is 0.503. The summed E-state index contributed by atoms with van der Waals surface area (Å²) in [5.41, 5.74) is 3.51. The molecule has 0 saturated heterocycles. The van der Waals surface area contributed by atoms with Gasteiger partial charge in [0.05, 0.1) is 5.75 Å². The van der Waals surface area contributed by atoms with Gasteiger partial charge in [0.1, 0.15) is 11.6 Å². The Morgan fingerprint density at radius 1 is 1.06 bits per heavy atom. The van der Waals surface area contributed by atoms with E-state index in [0.717, 1.165) is 41.9 Å². The maximum atomic E-state index is 14.2. The van der Waals surface area contributed by atoms with Crippen molar-refractivity contribution in [1.29, 1.82) is 0 Å². The van der Waals surface area contributed by atoms with Crippen LogP contribution in [0.5, 0.6) is 11.5 Å². The van der Waals surface area contributed by atoms with Crippen LogP contribution in [0.3, 0.4) is 0 Å². The van der Waals surface area contributed by atoms with Crippen molar-refractivity contribution in [2.45, 2.75) is 32.6 Å². The predicted molar refractivity (Wildman–Crippen MR) is 116 cm³/mol. The summed E-state index contributed by atoms with van der Waals surface area (Å²) in [5.74, 6) is -0.990. The predicted octanol–water partition coefficient (Wildman–Crippen LogP) is 5.77. The molecule has 4 rings (SSSR count). The van der Waals surface area contributed by atoms with E-state index in [-0.39, 0.29) is 11.5 Å². The molecule has 0 atom stereocenters. The largest absolute Gasteiger partial charge is 0.454 e. The molecule has 1 aliphatic rings. The van der Waals surface area contributed by atoms with Crippen LogP contribution in [0.2, 0.25) is 0 Å². The number of hydrogen-bond donors (Lipinski definition) is 1. The molecule has 0 bridgehead atoms. The van der Waals surface area contributed by atoms with Crippen molar-refractivity contribution < 1.29 is 21.9 Å². The van der Waals surface area contributed by atoms with E-state index in [9.17, 15) is 17.2 Å². The van der Waals surface area contributed by atoms with E-state index in [1.165, 1.54) is 6.07 Å². The van der Waals surface area contributed by atoms with Crippen LogP contribution in [-0.2, 0) is 10.0 Å². The topological polar surface area (TPSA) is 68.3 Å². The first kappa shape index (κ1) is 21.2. The molecule has 31 heavy (non-hydrogen) atoms. The molecule has 0 aliphatic heterocycles. The van der Waals surface area contributed by atoms with E-state index in [0.29, 0.717) is 22.9 Å². The molecule has 0 spiro atoms. The molecule has 1 heterocycles. The van der Waals surface area contributed by atoms with Crippen molar-refractivity contribution >= 4 is 15.7 Å². The summed E-state index contributed by atoms with van der Waals surface area (Å²) in [6.45, 7) is 3.44. The van der Waals surface area contributed by atoms with Gasteiger partial charge >= 0.3 is 0 Å². The first-order valence-electron chi connectivity index (χ1n) is 10.0. The van der Waals surface area contributed by atoms with E-state index in [1.807, 2.05) is 19.1 Å². The minimum atomic E-state index is -3.48. The van der Waals surface area contributed by atoms with Gasteiger partial charge in [-0.3, -0.25) is 9.71 Å². The van der Waals surface area contributed by atoms with Crippen molar-refractivity contribution in [3.05, 3.63) is 71.6 Å². The fraction of sp³-hybridized carbons (Fsp3) is 0.261. The number of rotatable bonds is 7. The van der Waals surface area contributed by atoms with Crippen LogP contribution in [0.1, 0.15) is 37.1 Å². The smallest absolute Gasteiger partial charge is 0.232 e. The summed E-state index contributed by atoms with van der Waals surface area (Å²) in [6, 6.07) is 11.7. The maximum Gasteiger partial charge on any atom is 0.232 e. The second kappa shape index (κ2) is 8.26. The summed E-state index contributed by atoms with van der Waals surface area (Å²) >= 11 is 0. The third-order valence-electron chi connectivity index (χ3n) is 5.03. The molecule has 0 radical (unpaired) electrons. The zero-order valence-corrected chi connectivity index (χ0v) is 18.0. The van der Waals surface area contributed by atoms with Gasteiger partial charge < -0.3 is 4.74 Å². The van der Waals surface area contributed by atoms with Crippen LogP contribution in [0.15, 0.2) is 48.5 Å². The fourth-order valence-electron chi connectivity index (χ4n) is 3.27. The number of nitrogens with zero attached hydrogens (tertiary/aromatic N) is 1. The molecule has 1 fully saturated rings. The zero-order valence-electron chi connectivity index (χ0n) is 17.2. The highest BCUT2D eigenvalue weighted by Gasteiger charge is 2.26. The van der Waals surface area contributed by atoms with Gasteiger partial charge in [0, 0.05) is 34.6 Å². The lowest BCUT2D eigenvalue weighted by molar-refractivity contribution is 0.439. The van der Waals surface area contributed by atoms with Crippen molar-refractivity contribution in [2.75, 3.05) is 10.5 Å². The number of ether oxygens (including phenoxy) is 1. The van der Waals surface area contributed by atoms with E-state index < -0.39 is 21.7 Å². The standard InChI is InChI=1S/C23H22F2N2O3S/c1-3-31(28,29)27-18-7-9-22(30-23-8-6-17(24)12-20(23)25)19(13-18)16-10-14(2)26-21(11-16)15-4-5-15/h6-13,15,27H,3-5H2,1-2H3. The van der Waals surface area contributed by atoms with Gasteiger partial charge in [-0.2, -0.15) is 0 Å². The van der Waals surface area contributed by atoms with Crippen molar-refractivity contribution in [2.24, 2.45) is 0 Å². The van der Waals surface area contributed by atoms with Crippen LogP contribution < -0.4 is 9.46 Å². The summed E-state index contributed by atoms with van der Waals surface area (Å²) in [5, 5.41) is 0. The number of hydrogen-bond acceptors (Lipinski definition) is 4. The normalized spacial score (nSPS) is 13.8. The van der Waals surface area contributed by atoms with E-state index in [2.05, 4.69) is 9.71 Å². The molecule has 1 aromatic heterocycles. The van der Waals surface area contributed by atoms with Crippen LogP contribution in [0.25, 0.3) is 11.1 Å². The minimum Gasteiger partial charge on any atom is -0.454 e. The number of nitrogens with one attached hydrogen (secondary N) is 1. The van der Waals surface area contributed by atoms with Gasteiger partial charge in [0.15, 0.2) is 11.6 Å². The molecule has 162 valence electrons. The third kappa shape index (κ3) is 5.02. The number of sulfonamides is 1. The Kier molecular flexibility index (Phi) is 5.66. The van der Waals surface area contributed by atoms with Crippen LogP contribution in [-0.4, -0.2) is 19.2 Å². The van der Waals surface area contributed by atoms with Crippen molar-refractivity contribution in [1.82, 2.24) is 4.98 Å². The molecule has 1 N–H and O–H groups in total. The van der Waals surface area contributed by atoms with E-state index in [1.54, 1.807) is 25.1 Å². The van der Waals surface area contributed by atoms with Gasteiger partial charge in [-0.25, -0.2) is 17.2 Å². The molecule has 3 aromatic rings. The fourth-order valence-corrected chi connectivity index (χ4v) is 3.90. The van der Waals surface area contributed by atoms with Gasteiger partial charge in [-0.15, -0.1) is 0 Å². The van der Waals surface area contributed by atoms with Crippen LogP contribution >= 0.6 is 0 Å². The van der Waals surface area contributed by atoms with Crippen molar-refractivity contribution in [3.63, 3.8) is 0 Å². The highest BCUT2D eigenvalue weighted by atomic mass is 32.2. The minimum absolute atomic E-state index is 0.0679. The highest BCUT2D eigenvalue weighted by Crippen LogP contribution is 2.42.